The second-order valence-electron chi connectivity index (χ2n) is 4.73. The lowest BCUT2D eigenvalue weighted by Gasteiger charge is -2.12. The van der Waals surface area contributed by atoms with Crippen molar-refractivity contribution < 1.29 is 14.1 Å². The van der Waals surface area contributed by atoms with Crippen molar-refractivity contribution in [3.05, 3.63) is 53.4 Å². The average Bonchev–Trinajstić information content (AvgIpc) is 2.90. The highest BCUT2D eigenvalue weighted by atomic mass is 16.5. The van der Waals surface area contributed by atoms with E-state index in [2.05, 4.69) is 5.16 Å². The Morgan fingerprint density at radius 1 is 1.43 bits per heavy atom. The molecule has 5 nitrogen and oxygen atoms in total. The van der Waals surface area contributed by atoms with Crippen LogP contribution in [0.3, 0.4) is 0 Å². The van der Waals surface area contributed by atoms with Crippen molar-refractivity contribution >= 4 is 12.0 Å². The molecule has 0 bridgehead atoms. The molecule has 0 N–H and O–H groups in total. The largest absolute Gasteiger partial charge is 0.497 e. The van der Waals surface area contributed by atoms with Crippen LogP contribution < -0.4 is 4.74 Å². The van der Waals surface area contributed by atoms with Crippen molar-refractivity contribution in [1.29, 1.82) is 0 Å². The highest BCUT2D eigenvalue weighted by Crippen LogP contribution is 2.14. The minimum atomic E-state index is -0.0986. The number of aryl methyl sites for hydroxylation is 1. The summed E-state index contributed by atoms with van der Waals surface area (Å²) in [6.45, 7) is 2.24. The molecule has 0 radical (unpaired) electrons. The number of ether oxygens (including phenoxy) is 1. The zero-order chi connectivity index (χ0) is 15.2. The smallest absolute Gasteiger partial charge is 0.246 e. The van der Waals surface area contributed by atoms with Gasteiger partial charge in [0, 0.05) is 19.2 Å². The zero-order valence-electron chi connectivity index (χ0n) is 12.4. The summed E-state index contributed by atoms with van der Waals surface area (Å²) in [5, 5.41) is 3.87. The summed E-state index contributed by atoms with van der Waals surface area (Å²) in [5.41, 5.74) is 1.64. The minimum absolute atomic E-state index is 0.0986. The molecule has 0 aliphatic heterocycles. The predicted molar refractivity (Wildman–Crippen MR) is 79.7 cm³/mol. The van der Waals surface area contributed by atoms with E-state index in [0.29, 0.717) is 6.54 Å². The van der Waals surface area contributed by atoms with Gasteiger partial charge in [-0.25, -0.2) is 0 Å². The monoisotopic (exact) mass is 286 g/mol. The first kappa shape index (κ1) is 14.8. The normalized spacial score (nSPS) is 10.8. The number of benzene rings is 1. The number of carbonyl (C=O) groups excluding carboxylic acids is 1. The Kier molecular flexibility index (Phi) is 4.77. The number of likely N-dealkylation sites (N-methyl/N-ethyl adjacent to an activating group) is 1. The summed E-state index contributed by atoms with van der Waals surface area (Å²) in [6, 6.07) is 9.33. The predicted octanol–water partition coefficient (Wildman–Crippen LogP) is 2.66. The van der Waals surface area contributed by atoms with Crippen molar-refractivity contribution in [3.63, 3.8) is 0 Å². The standard InChI is InChI=1S/C16H18N2O3/c1-12-9-14(17-21-12)11-18(2)16(19)8-7-13-5-4-6-15(10-13)20-3/h4-10H,11H2,1-3H3/b8-7+. The van der Waals surface area contributed by atoms with E-state index in [4.69, 9.17) is 9.26 Å². The fraction of sp³-hybridized carbons (Fsp3) is 0.250. The van der Waals surface area contributed by atoms with Crippen LogP contribution in [0.15, 0.2) is 40.9 Å². The lowest BCUT2D eigenvalue weighted by atomic mass is 10.2. The molecule has 2 aromatic rings. The summed E-state index contributed by atoms with van der Waals surface area (Å²) in [5.74, 6) is 1.40. The molecule has 0 saturated heterocycles. The van der Waals surface area contributed by atoms with Gasteiger partial charge in [0.1, 0.15) is 17.2 Å². The highest BCUT2D eigenvalue weighted by Gasteiger charge is 2.08. The van der Waals surface area contributed by atoms with E-state index in [1.807, 2.05) is 37.3 Å². The van der Waals surface area contributed by atoms with Crippen LogP contribution in [0.25, 0.3) is 6.08 Å². The highest BCUT2D eigenvalue weighted by molar-refractivity contribution is 5.91. The second kappa shape index (κ2) is 6.74. The molecule has 1 heterocycles. The van der Waals surface area contributed by atoms with Crippen molar-refractivity contribution in [2.24, 2.45) is 0 Å². The Hall–Kier alpha value is -2.56. The molecule has 21 heavy (non-hydrogen) atoms. The molecular weight excluding hydrogens is 268 g/mol. The molecule has 0 fully saturated rings. The topological polar surface area (TPSA) is 55.6 Å². The van der Waals surface area contributed by atoms with Crippen molar-refractivity contribution in [2.75, 3.05) is 14.2 Å². The first-order valence-electron chi connectivity index (χ1n) is 6.58. The number of methoxy groups -OCH3 is 1. The number of hydrogen-bond donors (Lipinski definition) is 0. The molecule has 0 aliphatic rings. The molecule has 1 aromatic carbocycles. The van der Waals surface area contributed by atoms with E-state index < -0.39 is 0 Å². The molecule has 0 spiro atoms. The number of aromatic nitrogens is 1. The van der Waals surface area contributed by atoms with Crippen molar-refractivity contribution in [1.82, 2.24) is 10.1 Å². The Morgan fingerprint density at radius 2 is 2.24 bits per heavy atom. The van der Waals surface area contributed by atoms with Gasteiger partial charge < -0.3 is 14.2 Å². The molecule has 110 valence electrons. The maximum atomic E-state index is 12.0. The number of amides is 1. The van der Waals surface area contributed by atoms with Gasteiger partial charge in [-0.15, -0.1) is 0 Å². The van der Waals surface area contributed by atoms with E-state index in [1.54, 1.807) is 25.1 Å². The van der Waals surface area contributed by atoms with Crippen molar-refractivity contribution in [2.45, 2.75) is 13.5 Å². The van der Waals surface area contributed by atoms with Crippen LogP contribution in [0, 0.1) is 6.92 Å². The summed E-state index contributed by atoms with van der Waals surface area (Å²) in [4.78, 5) is 13.6. The van der Waals surface area contributed by atoms with Crippen LogP contribution >= 0.6 is 0 Å². The first-order chi connectivity index (χ1) is 10.1. The lowest BCUT2D eigenvalue weighted by molar-refractivity contribution is -0.125. The summed E-state index contributed by atoms with van der Waals surface area (Å²) in [6.07, 6.45) is 3.29. The lowest BCUT2D eigenvalue weighted by Crippen LogP contribution is -2.24. The SMILES string of the molecule is COc1cccc(/C=C/C(=O)N(C)Cc2cc(C)on2)c1. The second-order valence-corrected chi connectivity index (χ2v) is 4.73. The number of nitrogens with zero attached hydrogens (tertiary/aromatic N) is 2. The van der Waals surface area contributed by atoms with Crippen LogP contribution in [-0.4, -0.2) is 30.1 Å². The number of hydrogen-bond acceptors (Lipinski definition) is 4. The first-order valence-corrected chi connectivity index (χ1v) is 6.58. The van der Waals surface area contributed by atoms with E-state index in [-0.39, 0.29) is 5.91 Å². The van der Waals surface area contributed by atoms with Gasteiger partial charge in [-0.3, -0.25) is 4.79 Å². The van der Waals surface area contributed by atoms with Gasteiger partial charge in [0.2, 0.25) is 5.91 Å². The van der Waals surface area contributed by atoms with Crippen LogP contribution in [0.5, 0.6) is 5.75 Å². The molecule has 1 aromatic heterocycles. The van der Waals surface area contributed by atoms with Gasteiger partial charge in [-0.2, -0.15) is 0 Å². The summed E-state index contributed by atoms with van der Waals surface area (Å²) in [7, 11) is 3.34. The van der Waals surface area contributed by atoms with Gasteiger partial charge in [-0.05, 0) is 30.7 Å². The van der Waals surface area contributed by atoms with Crippen LogP contribution in [0.1, 0.15) is 17.0 Å². The molecule has 2 rings (SSSR count). The maximum Gasteiger partial charge on any atom is 0.246 e. The molecule has 5 heteroatoms. The van der Waals surface area contributed by atoms with Crippen LogP contribution in [0.4, 0.5) is 0 Å². The van der Waals surface area contributed by atoms with Crippen LogP contribution in [0.2, 0.25) is 0 Å². The third-order valence-electron chi connectivity index (χ3n) is 2.96. The molecular formula is C16H18N2O3. The van der Waals surface area contributed by atoms with E-state index in [1.165, 1.54) is 6.08 Å². The van der Waals surface area contributed by atoms with Gasteiger partial charge in [0.25, 0.3) is 0 Å². The van der Waals surface area contributed by atoms with Gasteiger partial charge in [0.15, 0.2) is 0 Å². The Labute approximate surface area is 123 Å². The van der Waals surface area contributed by atoms with Crippen molar-refractivity contribution in [3.8, 4) is 5.75 Å². The van der Waals surface area contributed by atoms with Gasteiger partial charge in [-0.1, -0.05) is 17.3 Å². The number of carbonyl (C=O) groups is 1. The average molecular weight is 286 g/mol. The molecule has 0 atom stereocenters. The Bertz CT molecular complexity index is 646. The van der Waals surface area contributed by atoms with Gasteiger partial charge in [0.05, 0.1) is 13.7 Å². The molecule has 0 unspecified atom stereocenters. The Balaban J connectivity index is 1.97. The summed E-state index contributed by atoms with van der Waals surface area (Å²) < 4.78 is 10.1. The van der Waals surface area contributed by atoms with Crippen LogP contribution in [-0.2, 0) is 11.3 Å². The van der Waals surface area contributed by atoms with E-state index in [9.17, 15) is 4.79 Å². The maximum absolute atomic E-state index is 12.0. The minimum Gasteiger partial charge on any atom is -0.497 e. The van der Waals surface area contributed by atoms with E-state index in [0.717, 1.165) is 22.8 Å². The number of rotatable bonds is 5. The zero-order valence-corrected chi connectivity index (χ0v) is 12.4. The van der Waals surface area contributed by atoms with Gasteiger partial charge >= 0.3 is 0 Å². The fourth-order valence-corrected chi connectivity index (χ4v) is 1.85. The molecule has 0 aliphatic carbocycles. The third kappa shape index (κ3) is 4.21. The quantitative estimate of drug-likeness (QED) is 0.793. The van der Waals surface area contributed by atoms with E-state index >= 15 is 0 Å². The molecule has 0 saturated carbocycles. The third-order valence-corrected chi connectivity index (χ3v) is 2.96. The molecule has 1 amide bonds. The Morgan fingerprint density at radius 3 is 2.90 bits per heavy atom. The fourth-order valence-electron chi connectivity index (χ4n) is 1.85. The summed E-state index contributed by atoms with van der Waals surface area (Å²) >= 11 is 0.